The number of fused-ring (bicyclic) bond motifs is 1. The summed E-state index contributed by atoms with van der Waals surface area (Å²) in [4.78, 5) is 29.2. The predicted octanol–water partition coefficient (Wildman–Crippen LogP) is 4.84. The molecule has 3 N–H and O–H groups in total. The molecular formula is C24H21N3O7S. The summed E-state index contributed by atoms with van der Waals surface area (Å²) >= 11 is 0.575. The number of para-hydroxylation sites is 2. The summed E-state index contributed by atoms with van der Waals surface area (Å²) in [5.74, 6) is 1.11. The molecule has 1 aromatic heterocycles. The summed E-state index contributed by atoms with van der Waals surface area (Å²) in [7, 11) is 4.34. The number of amides is 2. The number of phenols is 1. The fourth-order valence-electron chi connectivity index (χ4n) is 3.28. The van der Waals surface area contributed by atoms with Crippen LogP contribution < -0.4 is 24.2 Å². The quantitative estimate of drug-likeness (QED) is 0.322. The number of carbonyl (C=O) groups excluding carboxylic acids is 2. The number of phenolic OH excluding ortho intramolecular Hbond substituents is 1. The number of aromatic nitrogens is 1. The van der Waals surface area contributed by atoms with Crippen molar-refractivity contribution in [1.29, 1.82) is 0 Å². The maximum Gasteiger partial charge on any atom is 0.329 e. The van der Waals surface area contributed by atoms with Gasteiger partial charge in [-0.15, -0.1) is 0 Å². The summed E-state index contributed by atoms with van der Waals surface area (Å²) in [6.07, 6.45) is 0. The fourth-order valence-corrected chi connectivity index (χ4v) is 3.76. The molecule has 0 bridgehead atoms. The first-order chi connectivity index (χ1) is 16.9. The van der Waals surface area contributed by atoms with Crippen molar-refractivity contribution in [3.05, 3.63) is 60.2 Å². The van der Waals surface area contributed by atoms with Gasteiger partial charge in [-0.05, 0) is 36.4 Å². The molecule has 0 saturated carbocycles. The molecular weight excluding hydrogens is 474 g/mol. The molecule has 4 aromatic rings. The van der Waals surface area contributed by atoms with Gasteiger partial charge >= 0.3 is 6.03 Å². The molecule has 0 aliphatic rings. The van der Waals surface area contributed by atoms with E-state index in [4.69, 9.17) is 18.6 Å². The van der Waals surface area contributed by atoms with Gasteiger partial charge in [0.05, 0.1) is 26.9 Å². The van der Waals surface area contributed by atoms with Gasteiger partial charge in [-0.2, -0.15) is 0 Å². The lowest BCUT2D eigenvalue weighted by Crippen LogP contribution is -2.24. The molecule has 180 valence electrons. The van der Waals surface area contributed by atoms with Crippen molar-refractivity contribution >= 4 is 39.9 Å². The zero-order valence-electron chi connectivity index (χ0n) is 18.9. The van der Waals surface area contributed by atoms with E-state index >= 15 is 0 Å². The average molecular weight is 496 g/mol. The number of carbonyl (C=O) groups is 2. The van der Waals surface area contributed by atoms with Crippen LogP contribution in [-0.2, 0) is 0 Å². The van der Waals surface area contributed by atoms with Crippen LogP contribution in [0.5, 0.6) is 23.0 Å². The SMILES string of the molecule is COc1cc(C(=O)SNC(=O)Nc2ccc(-c3nc4ccccc4o3)c(O)c2)cc(OC)c1OC. The molecule has 0 unspecified atom stereocenters. The Bertz CT molecular complexity index is 1350. The van der Waals surface area contributed by atoms with Gasteiger partial charge in [-0.1, -0.05) is 12.1 Å². The molecule has 35 heavy (non-hydrogen) atoms. The second kappa shape index (κ2) is 10.3. The number of rotatable bonds is 6. The van der Waals surface area contributed by atoms with E-state index in [0.717, 1.165) is 0 Å². The highest BCUT2D eigenvalue weighted by molar-refractivity contribution is 8.12. The van der Waals surface area contributed by atoms with Crippen molar-refractivity contribution in [3.63, 3.8) is 0 Å². The smallest absolute Gasteiger partial charge is 0.329 e. The van der Waals surface area contributed by atoms with Crippen LogP contribution in [-0.4, -0.2) is 42.6 Å². The van der Waals surface area contributed by atoms with E-state index in [9.17, 15) is 14.7 Å². The third kappa shape index (κ3) is 5.09. The number of hydrogen-bond acceptors (Lipinski definition) is 9. The molecule has 0 fully saturated rings. The Morgan fingerprint density at radius 3 is 2.31 bits per heavy atom. The Morgan fingerprint density at radius 1 is 0.971 bits per heavy atom. The molecule has 0 saturated heterocycles. The number of anilines is 1. The standard InChI is InChI=1S/C24H21N3O7S/c1-31-19-10-13(11-20(32-2)21(19)33-3)23(29)35-27-24(30)25-14-8-9-15(17(28)12-14)22-26-16-6-4-5-7-18(16)34-22/h4-12,28H,1-3H3,(H2,25,27,30). The maximum atomic E-state index is 12.6. The lowest BCUT2D eigenvalue weighted by molar-refractivity contribution is 0.108. The summed E-state index contributed by atoms with van der Waals surface area (Å²) in [5.41, 5.74) is 2.18. The zero-order chi connectivity index (χ0) is 24.9. The van der Waals surface area contributed by atoms with Crippen molar-refractivity contribution in [2.45, 2.75) is 0 Å². The largest absolute Gasteiger partial charge is 0.507 e. The highest BCUT2D eigenvalue weighted by Crippen LogP contribution is 2.39. The van der Waals surface area contributed by atoms with Crippen molar-refractivity contribution in [2.75, 3.05) is 26.6 Å². The van der Waals surface area contributed by atoms with Crippen LogP contribution in [0.15, 0.2) is 59.0 Å². The van der Waals surface area contributed by atoms with Gasteiger partial charge in [0.1, 0.15) is 11.3 Å². The second-order valence-electron chi connectivity index (χ2n) is 7.08. The molecule has 1 heterocycles. The topological polar surface area (TPSA) is 132 Å². The first-order valence-electron chi connectivity index (χ1n) is 10.2. The molecule has 0 radical (unpaired) electrons. The summed E-state index contributed by atoms with van der Waals surface area (Å²) in [6.45, 7) is 0. The molecule has 0 aliphatic carbocycles. The number of methoxy groups -OCH3 is 3. The summed E-state index contributed by atoms with van der Waals surface area (Å²) in [6, 6.07) is 14.1. The van der Waals surface area contributed by atoms with Gasteiger partial charge in [0.25, 0.3) is 0 Å². The minimum absolute atomic E-state index is 0.129. The first kappa shape index (κ1) is 23.8. The lowest BCUT2D eigenvalue weighted by atomic mass is 10.2. The van der Waals surface area contributed by atoms with E-state index < -0.39 is 11.1 Å². The van der Waals surface area contributed by atoms with E-state index in [0.29, 0.717) is 51.5 Å². The number of oxazole rings is 1. The minimum Gasteiger partial charge on any atom is -0.507 e. The Hall–Kier alpha value is -4.38. The Kier molecular flexibility index (Phi) is 6.97. The highest BCUT2D eigenvalue weighted by Gasteiger charge is 2.19. The minimum atomic E-state index is -0.662. The van der Waals surface area contributed by atoms with Crippen molar-refractivity contribution in [2.24, 2.45) is 0 Å². The zero-order valence-corrected chi connectivity index (χ0v) is 19.8. The Labute approximate surface area is 204 Å². The molecule has 3 aromatic carbocycles. The number of aromatic hydroxyl groups is 1. The molecule has 4 rings (SSSR count). The Morgan fingerprint density at radius 2 is 1.69 bits per heavy atom. The van der Waals surface area contributed by atoms with E-state index in [1.54, 1.807) is 24.3 Å². The van der Waals surface area contributed by atoms with E-state index in [1.807, 2.05) is 12.1 Å². The van der Waals surface area contributed by atoms with Crippen LogP contribution in [0.3, 0.4) is 0 Å². The normalized spacial score (nSPS) is 10.6. The Balaban J connectivity index is 1.41. The molecule has 11 heteroatoms. The number of nitrogens with one attached hydrogen (secondary N) is 2. The van der Waals surface area contributed by atoms with Crippen molar-refractivity contribution in [1.82, 2.24) is 9.71 Å². The number of urea groups is 1. The number of benzene rings is 3. The molecule has 0 aliphatic heterocycles. The van der Waals surface area contributed by atoms with E-state index in [1.165, 1.54) is 39.5 Å². The second-order valence-corrected chi connectivity index (χ2v) is 7.86. The van der Waals surface area contributed by atoms with Gasteiger partial charge in [0.2, 0.25) is 16.8 Å². The molecule has 0 spiro atoms. The number of hydrogen-bond donors (Lipinski definition) is 3. The van der Waals surface area contributed by atoms with Gasteiger partial charge in [0.15, 0.2) is 17.1 Å². The molecule has 2 amide bonds. The van der Waals surface area contributed by atoms with Gasteiger partial charge in [-0.25, -0.2) is 9.78 Å². The third-order valence-corrected chi connectivity index (χ3v) is 5.63. The van der Waals surface area contributed by atoms with Gasteiger partial charge < -0.3 is 29.1 Å². The van der Waals surface area contributed by atoms with Crippen LogP contribution >= 0.6 is 11.9 Å². The van der Waals surface area contributed by atoms with Crippen LogP contribution in [0.1, 0.15) is 10.4 Å². The van der Waals surface area contributed by atoms with Gasteiger partial charge in [0, 0.05) is 29.3 Å². The van der Waals surface area contributed by atoms with Crippen LogP contribution in [0.25, 0.3) is 22.6 Å². The first-order valence-corrected chi connectivity index (χ1v) is 11.0. The molecule has 0 atom stereocenters. The summed E-state index contributed by atoms with van der Waals surface area (Å²) < 4.78 is 23.8. The monoisotopic (exact) mass is 495 g/mol. The number of ether oxygens (including phenoxy) is 3. The van der Waals surface area contributed by atoms with Gasteiger partial charge in [-0.3, -0.25) is 9.52 Å². The van der Waals surface area contributed by atoms with Crippen LogP contribution in [0.2, 0.25) is 0 Å². The lowest BCUT2D eigenvalue weighted by Gasteiger charge is -2.13. The fraction of sp³-hybridized carbons (Fsp3) is 0.125. The van der Waals surface area contributed by atoms with Crippen LogP contribution in [0, 0.1) is 0 Å². The van der Waals surface area contributed by atoms with E-state index in [-0.39, 0.29) is 17.2 Å². The highest BCUT2D eigenvalue weighted by atomic mass is 32.2. The van der Waals surface area contributed by atoms with Crippen molar-refractivity contribution < 1.29 is 33.3 Å². The summed E-state index contributed by atoms with van der Waals surface area (Å²) in [5, 5.41) is 12.5. The number of nitrogens with zero attached hydrogens (tertiary/aromatic N) is 1. The maximum absolute atomic E-state index is 12.6. The van der Waals surface area contributed by atoms with E-state index in [2.05, 4.69) is 15.0 Å². The average Bonchev–Trinajstić information content (AvgIpc) is 3.30. The van der Waals surface area contributed by atoms with Crippen LogP contribution in [0.4, 0.5) is 10.5 Å². The van der Waals surface area contributed by atoms with Crippen molar-refractivity contribution in [3.8, 4) is 34.5 Å². The predicted molar refractivity (Wildman–Crippen MR) is 131 cm³/mol. The molecule has 10 nitrogen and oxygen atoms in total. The third-order valence-electron chi connectivity index (χ3n) is 4.92.